The predicted octanol–water partition coefficient (Wildman–Crippen LogP) is 1.80. The SMILES string of the molecule is COc1ccc(C2=[N+]([O-])[C@H]3CCCC[C@@H]3[N+](O)=C2)c(OC)c1. The van der Waals surface area contributed by atoms with Crippen molar-refractivity contribution in [2.24, 2.45) is 0 Å². The third kappa shape index (κ3) is 2.38. The highest BCUT2D eigenvalue weighted by molar-refractivity contribution is 6.35. The van der Waals surface area contributed by atoms with Crippen molar-refractivity contribution in [3.8, 4) is 11.5 Å². The van der Waals surface area contributed by atoms with Crippen molar-refractivity contribution in [3.63, 3.8) is 0 Å². The summed E-state index contributed by atoms with van der Waals surface area (Å²) in [5, 5.41) is 23.0. The van der Waals surface area contributed by atoms with Gasteiger partial charge in [-0.1, -0.05) is 0 Å². The zero-order valence-electron chi connectivity index (χ0n) is 12.9. The first-order valence-electron chi connectivity index (χ1n) is 7.53. The highest BCUT2D eigenvalue weighted by atomic mass is 16.5. The van der Waals surface area contributed by atoms with Crippen LogP contribution in [0.3, 0.4) is 0 Å². The summed E-state index contributed by atoms with van der Waals surface area (Å²) in [4.78, 5) is 0. The molecular weight excluding hydrogens is 284 g/mol. The van der Waals surface area contributed by atoms with E-state index in [0.29, 0.717) is 22.8 Å². The zero-order chi connectivity index (χ0) is 15.7. The monoisotopic (exact) mass is 305 g/mol. The summed E-state index contributed by atoms with van der Waals surface area (Å²) in [6.45, 7) is 0. The largest absolute Gasteiger partial charge is 0.623 e. The minimum Gasteiger partial charge on any atom is -0.623 e. The number of ether oxygens (including phenoxy) is 2. The van der Waals surface area contributed by atoms with Crippen LogP contribution in [0.5, 0.6) is 11.5 Å². The molecule has 0 unspecified atom stereocenters. The summed E-state index contributed by atoms with van der Waals surface area (Å²) in [5.74, 6) is 1.21. The molecule has 6 nitrogen and oxygen atoms in total. The second kappa shape index (κ2) is 5.87. The first-order chi connectivity index (χ1) is 10.7. The Balaban J connectivity index is 2.07. The van der Waals surface area contributed by atoms with E-state index in [1.807, 2.05) is 0 Å². The molecule has 22 heavy (non-hydrogen) atoms. The van der Waals surface area contributed by atoms with E-state index in [1.54, 1.807) is 32.4 Å². The maximum absolute atomic E-state index is 12.8. The fourth-order valence-corrected chi connectivity index (χ4v) is 3.33. The third-order valence-corrected chi connectivity index (χ3v) is 4.51. The highest BCUT2D eigenvalue weighted by Gasteiger charge is 2.46. The third-order valence-electron chi connectivity index (χ3n) is 4.51. The van der Waals surface area contributed by atoms with Gasteiger partial charge in [0.1, 0.15) is 11.5 Å². The van der Waals surface area contributed by atoms with Crippen molar-refractivity contribution >= 4 is 11.9 Å². The van der Waals surface area contributed by atoms with Crippen LogP contribution >= 0.6 is 0 Å². The fraction of sp³-hybridized carbons (Fsp3) is 0.500. The molecule has 6 heteroatoms. The molecule has 1 aliphatic carbocycles. The number of fused-ring (bicyclic) bond motifs is 1. The Morgan fingerprint density at radius 1 is 1.14 bits per heavy atom. The molecular formula is C16H21N2O4+. The van der Waals surface area contributed by atoms with Gasteiger partial charge in [-0.05, 0) is 29.7 Å². The first kappa shape index (κ1) is 14.7. The van der Waals surface area contributed by atoms with Crippen molar-refractivity contribution < 1.29 is 24.2 Å². The Morgan fingerprint density at radius 2 is 1.86 bits per heavy atom. The average molecular weight is 305 g/mol. The number of methoxy groups -OCH3 is 2. The lowest BCUT2D eigenvalue weighted by Gasteiger charge is -2.28. The van der Waals surface area contributed by atoms with Gasteiger partial charge in [-0.2, -0.15) is 4.74 Å². The number of rotatable bonds is 3. The van der Waals surface area contributed by atoms with E-state index in [4.69, 9.17) is 9.47 Å². The summed E-state index contributed by atoms with van der Waals surface area (Å²) in [6, 6.07) is 4.95. The van der Waals surface area contributed by atoms with E-state index >= 15 is 0 Å². The molecule has 1 heterocycles. The molecule has 1 aliphatic heterocycles. The van der Waals surface area contributed by atoms with E-state index < -0.39 is 0 Å². The van der Waals surface area contributed by atoms with Gasteiger partial charge in [0.25, 0.3) is 18.0 Å². The Labute approximate surface area is 129 Å². The van der Waals surface area contributed by atoms with E-state index in [0.717, 1.165) is 30.4 Å². The Bertz CT molecular complexity index is 639. The molecule has 1 saturated carbocycles. The number of hydrogen-bond donors (Lipinski definition) is 1. The van der Waals surface area contributed by atoms with Crippen LogP contribution in [0.1, 0.15) is 31.2 Å². The highest BCUT2D eigenvalue weighted by Crippen LogP contribution is 2.29. The molecule has 0 radical (unpaired) electrons. The van der Waals surface area contributed by atoms with Crippen LogP contribution in [0.15, 0.2) is 18.2 Å². The molecule has 1 aromatic carbocycles. The molecule has 0 amide bonds. The average Bonchev–Trinajstić information content (AvgIpc) is 2.57. The van der Waals surface area contributed by atoms with Crippen LogP contribution in [-0.4, -0.2) is 52.9 Å². The minimum absolute atomic E-state index is 0.126. The lowest BCUT2D eigenvalue weighted by molar-refractivity contribution is -0.819. The Morgan fingerprint density at radius 3 is 2.55 bits per heavy atom. The molecule has 118 valence electrons. The van der Waals surface area contributed by atoms with E-state index in [2.05, 4.69) is 0 Å². The first-order valence-corrected chi connectivity index (χ1v) is 7.53. The molecule has 0 spiro atoms. The van der Waals surface area contributed by atoms with Gasteiger partial charge in [-0.15, -0.1) is 0 Å². The maximum Gasteiger partial charge on any atom is 0.291 e. The second-order valence-corrected chi connectivity index (χ2v) is 5.71. The van der Waals surface area contributed by atoms with Crippen LogP contribution < -0.4 is 9.47 Å². The minimum atomic E-state index is -0.217. The molecule has 1 N–H and O–H groups in total. The van der Waals surface area contributed by atoms with Gasteiger partial charge in [-0.3, -0.25) is 5.21 Å². The number of hydroxylamine groups is 2. The zero-order valence-corrected chi connectivity index (χ0v) is 12.9. The summed E-state index contributed by atoms with van der Waals surface area (Å²) in [5.41, 5.74) is 1.08. The molecule has 2 atom stereocenters. The normalized spacial score (nSPS) is 24.5. The van der Waals surface area contributed by atoms with E-state index in [9.17, 15) is 10.4 Å². The van der Waals surface area contributed by atoms with Crippen molar-refractivity contribution in [1.82, 2.24) is 0 Å². The summed E-state index contributed by atoms with van der Waals surface area (Å²) in [6.07, 6.45) is 5.19. The van der Waals surface area contributed by atoms with Crippen molar-refractivity contribution in [2.45, 2.75) is 37.8 Å². The molecule has 0 saturated heterocycles. The van der Waals surface area contributed by atoms with Crippen LogP contribution in [0.25, 0.3) is 0 Å². The standard InChI is InChI=1S/C16H21N2O4/c1-21-11-7-8-12(16(9-11)22-2)15-10-17(19)13-5-3-4-6-14(13)18(15)20/h7-10,13-14,19H,3-6H2,1-2H3/q+1/t13-,14-/m0/s1. The molecule has 1 aromatic rings. The lowest BCUT2D eigenvalue weighted by atomic mass is 9.89. The Hall–Kier alpha value is -2.24. The van der Waals surface area contributed by atoms with E-state index in [-0.39, 0.29) is 12.1 Å². The lowest BCUT2D eigenvalue weighted by Crippen LogP contribution is -2.51. The van der Waals surface area contributed by atoms with Gasteiger partial charge in [0, 0.05) is 18.9 Å². The van der Waals surface area contributed by atoms with Gasteiger partial charge >= 0.3 is 0 Å². The van der Waals surface area contributed by atoms with Crippen LogP contribution in [0, 0.1) is 5.21 Å². The molecule has 1 fully saturated rings. The second-order valence-electron chi connectivity index (χ2n) is 5.71. The topological polar surface area (TPSA) is 67.8 Å². The van der Waals surface area contributed by atoms with Gasteiger partial charge < -0.3 is 14.7 Å². The van der Waals surface area contributed by atoms with Crippen molar-refractivity contribution in [3.05, 3.63) is 29.0 Å². The molecule has 0 bridgehead atoms. The number of nitrogens with zero attached hydrogens (tertiary/aromatic N) is 2. The van der Waals surface area contributed by atoms with Gasteiger partial charge in [0.15, 0.2) is 0 Å². The quantitative estimate of drug-likeness (QED) is 0.525. The summed E-state index contributed by atoms with van der Waals surface area (Å²) < 4.78 is 12.8. The van der Waals surface area contributed by atoms with Gasteiger partial charge in [-0.25, -0.2) is 0 Å². The molecule has 3 rings (SSSR count). The molecule has 2 aliphatic rings. The van der Waals surface area contributed by atoms with Gasteiger partial charge in [0.2, 0.25) is 6.04 Å². The number of hydrogen-bond acceptors (Lipinski definition) is 4. The van der Waals surface area contributed by atoms with Crippen LogP contribution in [0.2, 0.25) is 0 Å². The van der Waals surface area contributed by atoms with Crippen molar-refractivity contribution in [2.75, 3.05) is 14.2 Å². The van der Waals surface area contributed by atoms with E-state index in [1.165, 1.54) is 11.0 Å². The number of benzene rings is 1. The van der Waals surface area contributed by atoms with Crippen molar-refractivity contribution in [1.29, 1.82) is 0 Å². The summed E-state index contributed by atoms with van der Waals surface area (Å²) in [7, 11) is 3.13. The summed E-state index contributed by atoms with van der Waals surface area (Å²) >= 11 is 0. The van der Waals surface area contributed by atoms with Crippen LogP contribution in [0.4, 0.5) is 0 Å². The maximum atomic E-state index is 12.8. The van der Waals surface area contributed by atoms with Gasteiger partial charge in [0.05, 0.1) is 19.8 Å². The molecule has 0 aromatic heterocycles. The van der Waals surface area contributed by atoms with Crippen LogP contribution in [-0.2, 0) is 0 Å². The predicted molar refractivity (Wildman–Crippen MR) is 81.4 cm³/mol. The fourth-order valence-electron chi connectivity index (χ4n) is 3.33. The smallest absolute Gasteiger partial charge is 0.291 e. The Kier molecular flexibility index (Phi) is 3.92.